The highest BCUT2D eigenvalue weighted by Crippen LogP contribution is 2.09. The molecule has 2 heterocycles. The van der Waals surface area contributed by atoms with Gasteiger partial charge < -0.3 is 25.6 Å². The van der Waals surface area contributed by atoms with Gasteiger partial charge in [0, 0.05) is 51.9 Å². The van der Waals surface area contributed by atoms with Crippen molar-refractivity contribution in [2.45, 2.75) is 45.8 Å². The Labute approximate surface area is 129 Å². The lowest BCUT2D eigenvalue weighted by Crippen LogP contribution is -2.48. The van der Waals surface area contributed by atoms with Crippen molar-refractivity contribution in [1.82, 2.24) is 20.9 Å². The van der Waals surface area contributed by atoms with Crippen molar-refractivity contribution in [2.24, 2.45) is 0 Å². The standard InChI is InChI=1S/C9H18N2O2.C6H14N2/c1-9(2,3)13-8(12)11-6-4-10-5-7-11;1-2-6-5-7-3-4-8-6/h10H,4-7H2,1-3H3;6-8H,2-5H2,1H3. The minimum absolute atomic E-state index is 0.200. The highest BCUT2D eigenvalue weighted by molar-refractivity contribution is 5.68. The van der Waals surface area contributed by atoms with Gasteiger partial charge in [-0.25, -0.2) is 4.79 Å². The summed E-state index contributed by atoms with van der Waals surface area (Å²) < 4.78 is 5.24. The van der Waals surface area contributed by atoms with Gasteiger partial charge in [-0.2, -0.15) is 0 Å². The molecule has 124 valence electrons. The van der Waals surface area contributed by atoms with Crippen molar-refractivity contribution in [3.63, 3.8) is 0 Å². The van der Waals surface area contributed by atoms with Crippen LogP contribution < -0.4 is 16.0 Å². The molecule has 2 saturated heterocycles. The zero-order valence-corrected chi connectivity index (χ0v) is 14.0. The molecular formula is C15H32N4O2. The van der Waals surface area contributed by atoms with E-state index in [0.29, 0.717) is 0 Å². The van der Waals surface area contributed by atoms with Crippen molar-refractivity contribution >= 4 is 6.09 Å². The molecule has 0 bridgehead atoms. The lowest BCUT2D eigenvalue weighted by Gasteiger charge is -2.30. The number of piperazine rings is 2. The van der Waals surface area contributed by atoms with Gasteiger partial charge in [0.05, 0.1) is 0 Å². The summed E-state index contributed by atoms with van der Waals surface area (Å²) in [4.78, 5) is 13.2. The average molecular weight is 300 g/mol. The van der Waals surface area contributed by atoms with Crippen molar-refractivity contribution < 1.29 is 9.53 Å². The van der Waals surface area contributed by atoms with Crippen molar-refractivity contribution in [1.29, 1.82) is 0 Å². The van der Waals surface area contributed by atoms with Gasteiger partial charge in [-0.1, -0.05) is 6.92 Å². The minimum atomic E-state index is -0.387. The summed E-state index contributed by atoms with van der Waals surface area (Å²) in [6.45, 7) is 14.5. The van der Waals surface area contributed by atoms with Crippen molar-refractivity contribution in [3.8, 4) is 0 Å². The maximum absolute atomic E-state index is 11.5. The number of rotatable bonds is 1. The molecule has 1 amide bonds. The Morgan fingerprint density at radius 3 is 2.24 bits per heavy atom. The van der Waals surface area contributed by atoms with Crippen LogP contribution >= 0.6 is 0 Å². The van der Waals surface area contributed by atoms with E-state index < -0.39 is 0 Å². The third kappa shape index (κ3) is 8.24. The fourth-order valence-corrected chi connectivity index (χ4v) is 2.18. The summed E-state index contributed by atoms with van der Waals surface area (Å²) in [5.74, 6) is 0. The predicted molar refractivity (Wildman–Crippen MR) is 85.6 cm³/mol. The van der Waals surface area contributed by atoms with Crippen molar-refractivity contribution in [3.05, 3.63) is 0 Å². The van der Waals surface area contributed by atoms with Gasteiger partial charge in [-0.05, 0) is 27.2 Å². The van der Waals surface area contributed by atoms with E-state index in [4.69, 9.17) is 4.74 Å². The number of amides is 1. The normalized spacial score (nSPS) is 23.0. The molecule has 0 aromatic rings. The van der Waals surface area contributed by atoms with Crippen LogP contribution in [0.15, 0.2) is 0 Å². The lowest BCUT2D eigenvalue weighted by molar-refractivity contribution is 0.0229. The third-order valence-corrected chi connectivity index (χ3v) is 3.39. The molecule has 2 fully saturated rings. The fraction of sp³-hybridized carbons (Fsp3) is 0.933. The first-order valence-corrected chi connectivity index (χ1v) is 8.05. The van der Waals surface area contributed by atoms with E-state index in [9.17, 15) is 4.79 Å². The van der Waals surface area contributed by atoms with E-state index in [1.165, 1.54) is 6.42 Å². The highest BCUT2D eigenvalue weighted by Gasteiger charge is 2.22. The van der Waals surface area contributed by atoms with Gasteiger partial charge in [0.1, 0.15) is 5.60 Å². The lowest BCUT2D eigenvalue weighted by atomic mass is 10.2. The Hall–Kier alpha value is -0.850. The second kappa shape index (κ2) is 9.23. The first-order valence-electron chi connectivity index (χ1n) is 8.05. The molecule has 1 unspecified atom stereocenters. The average Bonchev–Trinajstić information content (AvgIpc) is 2.48. The van der Waals surface area contributed by atoms with Gasteiger partial charge >= 0.3 is 6.09 Å². The molecule has 6 heteroatoms. The molecule has 0 aliphatic carbocycles. The summed E-state index contributed by atoms with van der Waals surface area (Å²) in [6, 6.07) is 0.726. The summed E-state index contributed by atoms with van der Waals surface area (Å²) in [5.41, 5.74) is -0.387. The number of nitrogens with one attached hydrogen (secondary N) is 3. The molecule has 0 aromatic heterocycles. The maximum atomic E-state index is 11.5. The molecular weight excluding hydrogens is 268 g/mol. The Balaban J connectivity index is 0.000000235. The van der Waals surface area contributed by atoms with Gasteiger partial charge in [0.15, 0.2) is 0 Å². The van der Waals surface area contributed by atoms with E-state index >= 15 is 0 Å². The Kier molecular flexibility index (Phi) is 8.00. The third-order valence-electron chi connectivity index (χ3n) is 3.39. The van der Waals surface area contributed by atoms with Gasteiger partial charge in [0.2, 0.25) is 0 Å². The second-order valence-electron chi connectivity index (χ2n) is 6.48. The number of carbonyl (C=O) groups is 1. The van der Waals surface area contributed by atoms with Crippen LogP contribution in [0.3, 0.4) is 0 Å². The summed E-state index contributed by atoms with van der Waals surface area (Å²) in [6.07, 6.45) is 1.04. The van der Waals surface area contributed by atoms with E-state index in [0.717, 1.165) is 51.9 Å². The Morgan fingerprint density at radius 1 is 1.14 bits per heavy atom. The number of ether oxygens (including phenoxy) is 1. The van der Waals surface area contributed by atoms with Gasteiger partial charge in [0.25, 0.3) is 0 Å². The van der Waals surface area contributed by atoms with Crippen LogP contribution in [0.4, 0.5) is 4.79 Å². The van der Waals surface area contributed by atoms with E-state index in [1.807, 2.05) is 20.8 Å². The molecule has 0 radical (unpaired) electrons. The van der Waals surface area contributed by atoms with Crippen molar-refractivity contribution in [2.75, 3.05) is 45.8 Å². The first-order chi connectivity index (χ1) is 9.92. The van der Waals surface area contributed by atoms with Crippen LogP contribution in [0.2, 0.25) is 0 Å². The highest BCUT2D eigenvalue weighted by atomic mass is 16.6. The molecule has 3 N–H and O–H groups in total. The smallest absolute Gasteiger partial charge is 0.410 e. The fourth-order valence-electron chi connectivity index (χ4n) is 2.18. The minimum Gasteiger partial charge on any atom is -0.444 e. The first kappa shape index (κ1) is 18.2. The maximum Gasteiger partial charge on any atom is 0.410 e. The van der Waals surface area contributed by atoms with Crippen LogP contribution in [0, 0.1) is 0 Å². The topological polar surface area (TPSA) is 65.6 Å². The predicted octanol–water partition coefficient (Wildman–Crippen LogP) is 0.785. The molecule has 2 rings (SSSR count). The summed E-state index contributed by atoms with van der Waals surface area (Å²) in [7, 11) is 0. The van der Waals surface area contributed by atoms with Crippen LogP contribution in [-0.4, -0.2) is 68.4 Å². The monoisotopic (exact) mass is 300 g/mol. The zero-order valence-electron chi connectivity index (χ0n) is 14.0. The SMILES string of the molecule is CC(C)(C)OC(=O)N1CCNCC1.CCC1CNCCN1. The molecule has 6 nitrogen and oxygen atoms in total. The Morgan fingerprint density at radius 2 is 1.81 bits per heavy atom. The van der Waals surface area contributed by atoms with Crippen LogP contribution in [0.25, 0.3) is 0 Å². The number of nitrogens with zero attached hydrogens (tertiary/aromatic N) is 1. The van der Waals surface area contributed by atoms with Crippen LogP contribution in [0.1, 0.15) is 34.1 Å². The molecule has 0 aromatic carbocycles. The largest absolute Gasteiger partial charge is 0.444 e. The zero-order chi connectivity index (χ0) is 15.7. The quantitative estimate of drug-likeness (QED) is 0.668. The van der Waals surface area contributed by atoms with E-state index in [2.05, 4.69) is 22.9 Å². The summed E-state index contributed by atoms with van der Waals surface area (Å²) in [5, 5.41) is 9.91. The molecule has 21 heavy (non-hydrogen) atoms. The van der Waals surface area contributed by atoms with E-state index in [-0.39, 0.29) is 11.7 Å². The number of hydrogen-bond donors (Lipinski definition) is 3. The van der Waals surface area contributed by atoms with Gasteiger partial charge in [-0.3, -0.25) is 0 Å². The van der Waals surface area contributed by atoms with E-state index in [1.54, 1.807) is 4.90 Å². The van der Waals surface area contributed by atoms with Crippen LogP contribution in [-0.2, 0) is 4.74 Å². The number of hydrogen-bond acceptors (Lipinski definition) is 5. The molecule has 0 spiro atoms. The molecule has 2 aliphatic rings. The van der Waals surface area contributed by atoms with Gasteiger partial charge in [-0.15, -0.1) is 0 Å². The molecule has 1 atom stereocenters. The molecule has 0 saturated carbocycles. The second-order valence-corrected chi connectivity index (χ2v) is 6.48. The van der Waals surface area contributed by atoms with Crippen LogP contribution in [0.5, 0.6) is 0 Å². The number of carbonyl (C=O) groups excluding carboxylic acids is 1. The Bertz CT molecular complexity index is 293. The molecule has 2 aliphatic heterocycles. The summed E-state index contributed by atoms with van der Waals surface area (Å²) >= 11 is 0.